The number of halogens is 1. The van der Waals surface area contributed by atoms with Crippen molar-refractivity contribution in [2.24, 2.45) is 11.3 Å². The maximum absolute atomic E-state index is 13.3. The summed E-state index contributed by atoms with van der Waals surface area (Å²) >= 11 is 6.03. The van der Waals surface area contributed by atoms with Crippen molar-refractivity contribution in [1.29, 1.82) is 0 Å². The van der Waals surface area contributed by atoms with Crippen LogP contribution in [-0.2, 0) is 23.9 Å². The van der Waals surface area contributed by atoms with Crippen LogP contribution < -0.4 is 0 Å². The predicted octanol–water partition coefficient (Wildman–Crippen LogP) is 4.15. The van der Waals surface area contributed by atoms with Gasteiger partial charge < -0.3 is 9.47 Å². The molecule has 1 saturated carbocycles. The summed E-state index contributed by atoms with van der Waals surface area (Å²) in [6.45, 7) is 1.75. The van der Waals surface area contributed by atoms with Crippen LogP contribution in [0.3, 0.4) is 0 Å². The second kappa shape index (κ2) is 8.37. The van der Waals surface area contributed by atoms with Crippen molar-refractivity contribution in [2.75, 3.05) is 14.2 Å². The minimum absolute atomic E-state index is 0.0241. The van der Waals surface area contributed by atoms with Crippen LogP contribution in [-0.4, -0.2) is 31.9 Å². The third-order valence-corrected chi connectivity index (χ3v) is 6.18. The van der Waals surface area contributed by atoms with E-state index in [1.807, 2.05) is 30.3 Å². The molecule has 0 spiro atoms. The molecule has 3 rings (SSSR count). The van der Waals surface area contributed by atoms with Gasteiger partial charge in [0.05, 0.1) is 14.2 Å². The third kappa shape index (κ3) is 3.44. The molecule has 0 heterocycles. The molecule has 5 nitrogen and oxygen atoms in total. The lowest BCUT2D eigenvalue weighted by Gasteiger charge is -2.47. The first kappa shape index (κ1) is 21.1. The first-order valence-electron chi connectivity index (χ1n) is 9.37. The van der Waals surface area contributed by atoms with E-state index in [9.17, 15) is 14.4 Å². The van der Waals surface area contributed by atoms with Gasteiger partial charge in [0, 0.05) is 29.2 Å². The summed E-state index contributed by atoms with van der Waals surface area (Å²) in [5, 5.41) is 0.519. The molecule has 3 unspecified atom stereocenters. The molecular formula is C23H23ClO5. The van der Waals surface area contributed by atoms with Crippen LogP contribution >= 0.6 is 11.6 Å². The van der Waals surface area contributed by atoms with E-state index < -0.39 is 35.1 Å². The Morgan fingerprint density at radius 1 is 0.931 bits per heavy atom. The second-order valence-corrected chi connectivity index (χ2v) is 7.74. The lowest BCUT2D eigenvalue weighted by Crippen LogP contribution is -2.56. The number of esters is 2. The number of Topliss-reactive ketones (excluding diaryl/α,β-unsaturated/α-hetero) is 1. The van der Waals surface area contributed by atoms with Gasteiger partial charge in [-0.25, -0.2) is 0 Å². The third-order valence-electron chi connectivity index (χ3n) is 5.93. The summed E-state index contributed by atoms with van der Waals surface area (Å²) < 4.78 is 10.3. The van der Waals surface area contributed by atoms with Crippen molar-refractivity contribution in [3.63, 3.8) is 0 Å². The normalized spacial score (nSPS) is 23.3. The average molecular weight is 415 g/mol. The van der Waals surface area contributed by atoms with Crippen LogP contribution in [0.1, 0.15) is 36.3 Å². The van der Waals surface area contributed by atoms with Gasteiger partial charge in [-0.2, -0.15) is 0 Å². The van der Waals surface area contributed by atoms with Crippen LogP contribution in [0.2, 0.25) is 5.02 Å². The number of hydrogen-bond acceptors (Lipinski definition) is 5. The van der Waals surface area contributed by atoms with Gasteiger partial charge in [-0.1, -0.05) is 61.0 Å². The summed E-state index contributed by atoms with van der Waals surface area (Å²) in [7, 11) is 2.49. The fourth-order valence-corrected chi connectivity index (χ4v) is 4.72. The maximum Gasteiger partial charge on any atom is 0.324 e. The smallest absolute Gasteiger partial charge is 0.324 e. The van der Waals surface area contributed by atoms with Crippen LogP contribution in [0, 0.1) is 11.3 Å². The fraction of sp³-hybridized carbons (Fsp3) is 0.348. The second-order valence-electron chi connectivity index (χ2n) is 7.30. The minimum Gasteiger partial charge on any atom is -0.468 e. The Balaban J connectivity index is 2.33. The van der Waals surface area contributed by atoms with Crippen molar-refractivity contribution in [2.45, 2.75) is 25.2 Å². The first-order chi connectivity index (χ1) is 13.9. The maximum atomic E-state index is 13.3. The minimum atomic E-state index is -1.70. The highest BCUT2D eigenvalue weighted by Gasteiger charge is 2.65. The van der Waals surface area contributed by atoms with Gasteiger partial charge in [-0.05, 0) is 23.3 Å². The first-order valence-corrected chi connectivity index (χ1v) is 9.75. The zero-order chi connectivity index (χ0) is 21.2. The molecule has 2 aromatic carbocycles. The lowest BCUT2D eigenvalue weighted by molar-refractivity contribution is -0.177. The van der Waals surface area contributed by atoms with Gasteiger partial charge >= 0.3 is 11.9 Å². The van der Waals surface area contributed by atoms with Crippen LogP contribution in [0.4, 0.5) is 0 Å². The highest BCUT2D eigenvalue weighted by Crippen LogP contribution is 2.57. The number of carbonyl (C=O) groups is 3. The van der Waals surface area contributed by atoms with Gasteiger partial charge in [0.25, 0.3) is 0 Å². The molecule has 0 radical (unpaired) electrons. The number of benzene rings is 2. The van der Waals surface area contributed by atoms with Gasteiger partial charge in [0.2, 0.25) is 0 Å². The van der Waals surface area contributed by atoms with Crippen molar-refractivity contribution >= 4 is 29.3 Å². The zero-order valence-electron chi connectivity index (χ0n) is 16.6. The van der Waals surface area contributed by atoms with E-state index in [1.54, 1.807) is 31.2 Å². The molecule has 1 fully saturated rings. The number of ether oxygens (including phenoxy) is 2. The summed E-state index contributed by atoms with van der Waals surface area (Å²) in [5.74, 6) is -3.49. The van der Waals surface area contributed by atoms with Crippen LogP contribution in [0.15, 0.2) is 54.6 Å². The highest BCUT2D eigenvalue weighted by molar-refractivity contribution is 6.30. The van der Waals surface area contributed by atoms with E-state index >= 15 is 0 Å². The fourth-order valence-electron chi connectivity index (χ4n) is 4.59. The van der Waals surface area contributed by atoms with Crippen molar-refractivity contribution in [1.82, 2.24) is 0 Å². The largest absolute Gasteiger partial charge is 0.468 e. The monoisotopic (exact) mass is 414 g/mol. The molecule has 0 amide bonds. The Kier molecular flexibility index (Phi) is 6.08. The van der Waals surface area contributed by atoms with Gasteiger partial charge in [0.15, 0.2) is 5.41 Å². The number of rotatable bonds is 4. The standard InChI is InChI=1S/C23H23ClO5/c1-14-19(25)13-18(15-9-11-17(24)12-10-15)23(21(26)28-2,22(27)29-3)20(14)16-7-5-4-6-8-16/h4-12,14,18,20H,13H2,1-3H3. The van der Waals surface area contributed by atoms with E-state index in [0.29, 0.717) is 16.1 Å². The van der Waals surface area contributed by atoms with E-state index in [-0.39, 0.29) is 12.2 Å². The molecule has 2 aromatic rings. The molecule has 0 aliphatic heterocycles. The Hall–Kier alpha value is -2.66. The van der Waals surface area contributed by atoms with E-state index in [1.165, 1.54) is 14.2 Å². The molecule has 0 N–H and O–H groups in total. The van der Waals surface area contributed by atoms with Crippen molar-refractivity contribution in [3.05, 3.63) is 70.7 Å². The molecular weight excluding hydrogens is 392 g/mol. The highest BCUT2D eigenvalue weighted by atomic mass is 35.5. The lowest BCUT2D eigenvalue weighted by atomic mass is 9.53. The molecule has 0 aromatic heterocycles. The summed E-state index contributed by atoms with van der Waals surface area (Å²) in [4.78, 5) is 39.6. The molecule has 3 atom stereocenters. The van der Waals surface area contributed by atoms with E-state index in [2.05, 4.69) is 0 Å². The van der Waals surface area contributed by atoms with Crippen LogP contribution in [0.5, 0.6) is 0 Å². The summed E-state index contributed by atoms with van der Waals surface area (Å²) in [6.07, 6.45) is 0.0241. The van der Waals surface area contributed by atoms with Crippen molar-refractivity contribution in [3.8, 4) is 0 Å². The topological polar surface area (TPSA) is 69.7 Å². The molecule has 6 heteroatoms. The molecule has 0 saturated heterocycles. The summed E-state index contributed by atoms with van der Waals surface area (Å²) in [5.41, 5.74) is -0.333. The average Bonchev–Trinajstić information content (AvgIpc) is 2.75. The molecule has 152 valence electrons. The molecule has 29 heavy (non-hydrogen) atoms. The predicted molar refractivity (Wildman–Crippen MR) is 109 cm³/mol. The van der Waals surface area contributed by atoms with Crippen molar-refractivity contribution < 1.29 is 23.9 Å². The number of methoxy groups -OCH3 is 2. The summed E-state index contributed by atoms with van der Waals surface area (Å²) in [6, 6.07) is 15.9. The molecule has 1 aliphatic carbocycles. The van der Waals surface area contributed by atoms with Gasteiger partial charge in [-0.15, -0.1) is 0 Å². The number of ketones is 1. The Labute approximate surface area is 175 Å². The Morgan fingerprint density at radius 3 is 2.00 bits per heavy atom. The van der Waals surface area contributed by atoms with Gasteiger partial charge in [-0.3, -0.25) is 14.4 Å². The SMILES string of the molecule is COC(=O)C1(C(=O)OC)C(c2ccc(Cl)cc2)CC(=O)C(C)C1c1ccccc1. The molecule has 0 bridgehead atoms. The quantitative estimate of drug-likeness (QED) is 0.555. The number of carbonyl (C=O) groups excluding carboxylic acids is 3. The van der Waals surface area contributed by atoms with E-state index in [4.69, 9.17) is 21.1 Å². The Bertz CT molecular complexity index is 891. The Morgan fingerprint density at radius 2 is 1.48 bits per heavy atom. The number of hydrogen-bond donors (Lipinski definition) is 0. The zero-order valence-corrected chi connectivity index (χ0v) is 17.3. The van der Waals surface area contributed by atoms with E-state index in [0.717, 1.165) is 0 Å². The molecule has 1 aliphatic rings. The van der Waals surface area contributed by atoms with Gasteiger partial charge in [0.1, 0.15) is 5.78 Å². The van der Waals surface area contributed by atoms with Crippen LogP contribution in [0.25, 0.3) is 0 Å².